The molecular formula is C21H21N3O2. The number of carbonyl (C=O) groups is 2. The van der Waals surface area contributed by atoms with Crippen molar-refractivity contribution in [3.05, 3.63) is 70.8 Å². The van der Waals surface area contributed by atoms with E-state index in [0.29, 0.717) is 23.2 Å². The molecule has 26 heavy (non-hydrogen) atoms. The minimum Gasteiger partial charge on any atom is -0.348 e. The summed E-state index contributed by atoms with van der Waals surface area (Å²) in [5.74, 6) is -0.149. The molecule has 0 bridgehead atoms. The third kappa shape index (κ3) is 4.28. The van der Waals surface area contributed by atoms with Gasteiger partial charge >= 0.3 is 0 Å². The van der Waals surface area contributed by atoms with Gasteiger partial charge in [0.2, 0.25) is 0 Å². The van der Waals surface area contributed by atoms with E-state index in [0.717, 1.165) is 31.5 Å². The van der Waals surface area contributed by atoms with Gasteiger partial charge in [-0.2, -0.15) is 5.26 Å². The van der Waals surface area contributed by atoms with Crippen LogP contribution in [0.25, 0.3) is 0 Å². The fourth-order valence-corrected chi connectivity index (χ4v) is 3.06. The molecule has 0 saturated carbocycles. The van der Waals surface area contributed by atoms with Crippen LogP contribution in [0.2, 0.25) is 0 Å². The molecule has 132 valence electrons. The number of nitrogens with zero attached hydrogens (tertiary/aromatic N) is 2. The van der Waals surface area contributed by atoms with E-state index in [2.05, 4.69) is 5.32 Å². The Hall–Kier alpha value is -3.13. The quantitative estimate of drug-likeness (QED) is 0.923. The molecule has 2 aromatic carbocycles. The van der Waals surface area contributed by atoms with Gasteiger partial charge in [0.05, 0.1) is 11.6 Å². The van der Waals surface area contributed by atoms with Crippen molar-refractivity contribution >= 4 is 11.8 Å². The van der Waals surface area contributed by atoms with Crippen molar-refractivity contribution in [2.75, 3.05) is 13.1 Å². The lowest BCUT2D eigenvalue weighted by Crippen LogP contribution is -2.35. The van der Waals surface area contributed by atoms with Gasteiger partial charge in [0.1, 0.15) is 0 Å². The minimum absolute atomic E-state index is 0.0774. The molecule has 1 aliphatic heterocycles. The summed E-state index contributed by atoms with van der Waals surface area (Å²) >= 11 is 0. The first kappa shape index (κ1) is 17.7. The highest BCUT2D eigenvalue weighted by Gasteiger charge is 2.17. The molecule has 1 N–H and O–H groups in total. The maximum Gasteiger partial charge on any atom is 0.253 e. The fraction of sp³-hybridized carbons (Fsp3) is 0.286. The molecule has 2 aromatic rings. The van der Waals surface area contributed by atoms with E-state index in [1.807, 2.05) is 35.2 Å². The number of likely N-dealkylation sites (tertiary alicyclic amines) is 1. The molecule has 5 heteroatoms. The third-order valence-electron chi connectivity index (χ3n) is 4.55. The second-order valence-electron chi connectivity index (χ2n) is 6.43. The smallest absolute Gasteiger partial charge is 0.253 e. The number of amides is 2. The Morgan fingerprint density at radius 2 is 1.73 bits per heavy atom. The predicted octanol–water partition coefficient (Wildman–Crippen LogP) is 3.11. The summed E-state index contributed by atoms with van der Waals surface area (Å²) in [7, 11) is 0. The van der Waals surface area contributed by atoms with E-state index >= 15 is 0 Å². The number of nitrogens with one attached hydrogen (secondary N) is 1. The molecule has 5 nitrogen and oxygen atoms in total. The first-order chi connectivity index (χ1) is 12.7. The van der Waals surface area contributed by atoms with Crippen molar-refractivity contribution in [2.45, 2.75) is 25.8 Å². The molecule has 0 atom stereocenters. The van der Waals surface area contributed by atoms with Crippen molar-refractivity contribution in [1.82, 2.24) is 10.2 Å². The number of piperidine rings is 1. The third-order valence-corrected chi connectivity index (χ3v) is 4.55. The SMILES string of the molecule is N#Cc1cccc(C(=O)NCc2ccc(C(=O)N3CCCCC3)cc2)c1. The standard InChI is InChI=1S/C21H21N3O2/c22-14-17-5-4-6-19(13-17)20(25)23-15-16-7-9-18(10-8-16)21(26)24-11-2-1-3-12-24/h4-10,13H,1-3,11-12,15H2,(H,23,25). The molecule has 1 aliphatic rings. The van der Waals surface area contributed by atoms with E-state index < -0.39 is 0 Å². The number of carbonyl (C=O) groups excluding carboxylic acids is 2. The first-order valence-corrected chi connectivity index (χ1v) is 8.84. The zero-order valence-electron chi connectivity index (χ0n) is 14.6. The number of hydrogen-bond acceptors (Lipinski definition) is 3. The van der Waals surface area contributed by atoms with Crippen LogP contribution in [0.15, 0.2) is 48.5 Å². The molecule has 0 spiro atoms. The van der Waals surface area contributed by atoms with Crippen LogP contribution in [-0.4, -0.2) is 29.8 Å². The maximum absolute atomic E-state index is 12.5. The van der Waals surface area contributed by atoms with Crippen molar-refractivity contribution in [1.29, 1.82) is 5.26 Å². The van der Waals surface area contributed by atoms with E-state index in [4.69, 9.17) is 5.26 Å². The van der Waals surface area contributed by atoms with Crippen molar-refractivity contribution in [3.8, 4) is 6.07 Å². The van der Waals surface area contributed by atoms with Gasteiger partial charge in [0.15, 0.2) is 0 Å². The Kier molecular flexibility index (Phi) is 5.65. The average molecular weight is 347 g/mol. The molecule has 1 heterocycles. The van der Waals surface area contributed by atoms with Crippen LogP contribution in [0.4, 0.5) is 0 Å². The lowest BCUT2D eigenvalue weighted by atomic mass is 10.1. The van der Waals surface area contributed by atoms with E-state index in [1.54, 1.807) is 24.3 Å². The average Bonchev–Trinajstić information content (AvgIpc) is 2.72. The van der Waals surface area contributed by atoms with E-state index in [-0.39, 0.29) is 11.8 Å². The molecule has 0 unspecified atom stereocenters. The Morgan fingerprint density at radius 3 is 2.42 bits per heavy atom. The predicted molar refractivity (Wildman–Crippen MR) is 98.5 cm³/mol. The van der Waals surface area contributed by atoms with Gasteiger partial charge in [-0.1, -0.05) is 18.2 Å². The molecule has 0 aliphatic carbocycles. The number of benzene rings is 2. The fourth-order valence-electron chi connectivity index (χ4n) is 3.06. The summed E-state index contributed by atoms with van der Waals surface area (Å²) in [6.45, 7) is 2.03. The second-order valence-corrected chi connectivity index (χ2v) is 6.43. The van der Waals surface area contributed by atoms with Crippen molar-refractivity contribution in [2.24, 2.45) is 0 Å². The van der Waals surface area contributed by atoms with Crippen LogP contribution in [0.3, 0.4) is 0 Å². The Balaban J connectivity index is 1.58. The first-order valence-electron chi connectivity index (χ1n) is 8.84. The minimum atomic E-state index is -0.226. The largest absolute Gasteiger partial charge is 0.348 e. The summed E-state index contributed by atoms with van der Waals surface area (Å²) < 4.78 is 0. The molecule has 0 radical (unpaired) electrons. The van der Waals surface area contributed by atoms with Gasteiger partial charge in [-0.05, 0) is 55.2 Å². The normalized spacial score (nSPS) is 13.7. The van der Waals surface area contributed by atoms with Gasteiger partial charge in [-0.25, -0.2) is 0 Å². The number of hydrogen-bond donors (Lipinski definition) is 1. The van der Waals surface area contributed by atoms with Crippen molar-refractivity contribution < 1.29 is 9.59 Å². The van der Waals surface area contributed by atoms with E-state index in [1.165, 1.54) is 6.42 Å². The molecule has 2 amide bonds. The maximum atomic E-state index is 12.5. The molecule has 3 rings (SSSR count). The lowest BCUT2D eigenvalue weighted by molar-refractivity contribution is 0.0724. The van der Waals surface area contributed by atoms with Gasteiger partial charge in [0.25, 0.3) is 11.8 Å². The summed E-state index contributed by atoms with van der Waals surface area (Å²) in [6.07, 6.45) is 3.34. The van der Waals surface area contributed by atoms with Crippen LogP contribution in [0.5, 0.6) is 0 Å². The summed E-state index contributed by atoms with van der Waals surface area (Å²) in [5, 5.41) is 11.7. The highest BCUT2D eigenvalue weighted by atomic mass is 16.2. The molecule has 0 aromatic heterocycles. The zero-order chi connectivity index (χ0) is 18.4. The molecule has 1 saturated heterocycles. The second kappa shape index (κ2) is 8.30. The van der Waals surface area contributed by atoms with Gasteiger partial charge in [0, 0.05) is 30.8 Å². The molecular weight excluding hydrogens is 326 g/mol. The van der Waals surface area contributed by atoms with Gasteiger partial charge in [-0.3, -0.25) is 9.59 Å². The Bertz CT molecular complexity index is 831. The van der Waals surface area contributed by atoms with Gasteiger partial charge in [-0.15, -0.1) is 0 Å². The Morgan fingerprint density at radius 1 is 1.00 bits per heavy atom. The lowest BCUT2D eigenvalue weighted by Gasteiger charge is -2.26. The highest BCUT2D eigenvalue weighted by Crippen LogP contribution is 2.14. The van der Waals surface area contributed by atoms with Crippen LogP contribution in [0.1, 0.15) is 51.1 Å². The number of nitriles is 1. The summed E-state index contributed by atoms with van der Waals surface area (Å²) in [6, 6.07) is 16.0. The summed E-state index contributed by atoms with van der Waals surface area (Å²) in [4.78, 5) is 26.5. The zero-order valence-corrected chi connectivity index (χ0v) is 14.6. The summed E-state index contributed by atoms with van der Waals surface area (Å²) in [5.41, 5.74) is 2.52. The van der Waals surface area contributed by atoms with Gasteiger partial charge < -0.3 is 10.2 Å². The van der Waals surface area contributed by atoms with Crippen LogP contribution >= 0.6 is 0 Å². The monoisotopic (exact) mass is 347 g/mol. The van der Waals surface area contributed by atoms with Crippen LogP contribution in [0, 0.1) is 11.3 Å². The topological polar surface area (TPSA) is 73.2 Å². The van der Waals surface area contributed by atoms with Crippen molar-refractivity contribution in [3.63, 3.8) is 0 Å². The van der Waals surface area contributed by atoms with Crippen LogP contribution in [-0.2, 0) is 6.54 Å². The number of rotatable bonds is 4. The highest BCUT2D eigenvalue weighted by molar-refractivity contribution is 5.95. The molecule has 1 fully saturated rings. The van der Waals surface area contributed by atoms with Crippen LogP contribution < -0.4 is 5.32 Å². The Labute approximate surface area is 153 Å². The van der Waals surface area contributed by atoms with E-state index in [9.17, 15) is 9.59 Å².